The van der Waals surface area contributed by atoms with Gasteiger partial charge in [-0.25, -0.2) is 13.4 Å². The zero-order chi connectivity index (χ0) is 15.7. The van der Waals surface area contributed by atoms with E-state index in [1.54, 1.807) is 6.07 Å². The van der Waals surface area contributed by atoms with Gasteiger partial charge in [-0.3, -0.25) is 9.59 Å². The van der Waals surface area contributed by atoms with Crippen molar-refractivity contribution in [3.05, 3.63) is 51.1 Å². The zero-order valence-corrected chi connectivity index (χ0v) is 12.8. The Hall–Kier alpha value is -2.26. The number of aromatic nitrogens is 2. The van der Waals surface area contributed by atoms with Gasteiger partial charge in [-0.1, -0.05) is 6.07 Å². The fourth-order valence-electron chi connectivity index (χ4n) is 2.01. The molecule has 0 radical (unpaired) electrons. The number of hydrogen-bond donors (Lipinski definition) is 2. The Labute approximate surface area is 129 Å². The predicted molar refractivity (Wildman–Crippen MR) is 82.4 cm³/mol. The highest BCUT2D eigenvalue weighted by molar-refractivity contribution is 7.94. The number of hydrogen-bond acceptors (Lipinski definition) is 6. The van der Waals surface area contributed by atoms with Crippen molar-refractivity contribution in [3.63, 3.8) is 0 Å². The van der Waals surface area contributed by atoms with Crippen LogP contribution in [0.3, 0.4) is 0 Å². The monoisotopic (exact) mass is 337 g/mol. The lowest BCUT2D eigenvalue weighted by Gasteiger charge is -2.09. The highest BCUT2D eigenvalue weighted by atomic mass is 32.2. The summed E-state index contributed by atoms with van der Waals surface area (Å²) in [6.45, 7) is 0. The first-order valence-corrected chi connectivity index (χ1v) is 8.89. The lowest BCUT2D eigenvalue weighted by atomic mass is 10.2. The quantitative estimate of drug-likeness (QED) is 0.849. The van der Waals surface area contributed by atoms with E-state index in [0.29, 0.717) is 5.82 Å². The first-order chi connectivity index (χ1) is 10.4. The largest absolute Gasteiger partial charge is 0.345 e. The summed E-state index contributed by atoms with van der Waals surface area (Å²) < 4.78 is 22.6. The highest BCUT2D eigenvalue weighted by Gasteiger charge is 2.24. The van der Waals surface area contributed by atoms with E-state index in [1.165, 1.54) is 23.6 Å². The number of carbonyl (C=O) groups excluding carboxylic acids is 1. The summed E-state index contributed by atoms with van der Waals surface area (Å²) in [5, 5.41) is 5.39. The first-order valence-electron chi connectivity index (χ1n) is 6.30. The summed E-state index contributed by atoms with van der Waals surface area (Å²) >= 11 is 1.42. The molecule has 7 nitrogen and oxygen atoms in total. The summed E-state index contributed by atoms with van der Waals surface area (Å²) in [5.41, 5.74) is -0.723. The molecule has 0 aliphatic carbocycles. The van der Waals surface area contributed by atoms with E-state index >= 15 is 0 Å². The van der Waals surface area contributed by atoms with E-state index in [1.807, 2.05) is 11.4 Å². The maximum atomic E-state index is 12.0. The van der Waals surface area contributed by atoms with Gasteiger partial charge in [0.25, 0.3) is 11.5 Å². The van der Waals surface area contributed by atoms with Gasteiger partial charge in [-0.2, -0.15) is 0 Å². The van der Waals surface area contributed by atoms with Gasteiger partial charge in [0.15, 0.2) is 9.84 Å². The molecule has 0 saturated carbocycles. The van der Waals surface area contributed by atoms with Crippen molar-refractivity contribution in [1.82, 2.24) is 15.3 Å². The molecule has 2 aromatic rings. The number of amides is 1. The summed E-state index contributed by atoms with van der Waals surface area (Å²) in [4.78, 5) is 31.4. The average molecular weight is 337 g/mol. The van der Waals surface area contributed by atoms with Gasteiger partial charge < -0.3 is 10.3 Å². The van der Waals surface area contributed by atoms with Gasteiger partial charge >= 0.3 is 0 Å². The lowest BCUT2D eigenvalue weighted by molar-refractivity contribution is 0.0946. The Morgan fingerprint density at radius 3 is 2.86 bits per heavy atom. The molecule has 1 atom stereocenters. The van der Waals surface area contributed by atoms with Gasteiger partial charge in [0, 0.05) is 11.6 Å². The van der Waals surface area contributed by atoms with Crippen LogP contribution < -0.4 is 10.9 Å². The third-order valence-electron chi connectivity index (χ3n) is 3.05. The number of thiophene rings is 1. The molecule has 3 heterocycles. The van der Waals surface area contributed by atoms with Crippen molar-refractivity contribution < 1.29 is 13.2 Å². The van der Waals surface area contributed by atoms with E-state index < -0.39 is 27.3 Å². The van der Waals surface area contributed by atoms with Crippen LogP contribution in [-0.4, -0.2) is 36.1 Å². The topological polar surface area (TPSA) is 109 Å². The Morgan fingerprint density at radius 2 is 2.27 bits per heavy atom. The van der Waals surface area contributed by atoms with Crippen molar-refractivity contribution in [2.24, 2.45) is 0 Å². The second-order valence-corrected chi connectivity index (χ2v) is 7.57. The van der Waals surface area contributed by atoms with Crippen LogP contribution in [0.25, 0.3) is 10.7 Å². The van der Waals surface area contributed by atoms with Gasteiger partial charge in [0.1, 0.15) is 11.4 Å². The zero-order valence-electron chi connectivity index (χ0n) is 11.1. The smallest absolute Gasteiger partial charge is 0.264 e. The predicted octanol–water partition coefficient (Wildman–Crippen LogP) is 0.539. The van der Waals surface area contributed by atoms with E-state index in [4.69, 9.17) is 0 Å². The molecule has 0 unspecified atom stereocenters. The SMILES string of the molecule is O=C(N[C@@H]1C=CS(=O)(=O)C1)c1cnc(-c2cccs2)[nH]c1=O. The summed E-state index contributed by atoms with van der Waals surface area (Å²) in [6.07, 6.45) is 2.57. The Kier molecular flexibility index (Phi) is 3.67. The first kappa shape index (κ1) is 14.7. The third kappa shape index (κ3) is 3.00. The number of nitrogens with one attached hydrogen (secondary N) is 2. The molecule has 1 aliphatic rings. The molecule has 0 saturated heterocycles. The van der Waals surface area contributed by atoms with Gasteiger partial charge in [0.2, 0.25) is 0 Å². The molecule has 0 spiro atoms. The summed E-state index contributed by atoms with van der Waals surface area (Å²) in [6, 6.07) is 3.00. The van der Waals surface area contributed by atoms with Crippen molar-refractivity contribution in [2.45, 2.75) is 6.04 Å². The van der Waals surface area contributed by atoms with Crippen molar-refractivity contribution in [2.75, 3.05) is 5.75 Å². The molecule has 22 heavy (non-hydrogen) atoms. The van der Waals surface area contributed by atoms with E-state index in [9.17, 15) is 18.0 Å². The number of H-pyrrole nitrogens is 1. The van der Waals surface area contributed by atoms with Crippen LogP contribution >= 0.6 is 11.3 Å². The Balaban J connectivity index is 1.79. The number of aromatic amines is 1. The molecule has 0 aromatic carbocycles. The molecule has 114 valence electrons. The van der Waals surface area contributed by atoms with E-state index in [-0.39, 0.29) is 11.3 Å². The molecule has 1 aliphatic heterocycles. The van der Waals surface area contributed by atoms with Crippen LogP contribution in [0.1, 0.15) is 10.4 Å². The molecule has 3 rings (SSSR count). The number of sulfone groups is 1. The van der Waals surface area contributed by atoms with E-state index in [0.717, 1.165) is 10.3 Å². The maximum absolute atomic E-state index is 12.0. The molecular weight excluding hydrogens is 326 g/mol. The minimum atomic E-state index is -3.27. The Morgan fingerprint density at radius 1 is 1.45 bits per heavy atom. The third-order valence-corrected chi connectivity index (χ3v) is 5.32. The van der Waals surface area contributed by atoms with Gasteiger partial charge in [0.05, 0.1) is 16.7 Å². The molecule has 2 N–H and O–H groups in total. The van der Waals surface area contributed by atoms with Crippen molar-refractivity contribution >= 4 is 27.1 Å². The normalized spacial score (nSPS) is 19.2. The lowest BCUT2D eigenvalue weighted by Crippen LogP contribution is -2.38. The van der Waals surface area contributed by atoms with Crippen LogP contribution in [0.15, 0.2) is 40.0 Å². The number of rotatable bonds is 3. The average Bonchev–Trinajstić information content (AvgIpc) is 3.08. The molecule has 1 amide bonds. The van der Waals surface area contributed by atoms with Crippen LogP contribution in [0.4, 0.5) is 0 Å². The fraction of sp³-hybridized carbons (Fsp3) is 0.154. The second kappa shape index (κ2) is 5.50. The number of carbonyl (C=O) groups is 1. The van der Waals surface area contributed by atoms with Crippen molar-refractivity contribution in [1.29, 1.82) is 0 Å². The molecule has 0 bridgehead atoms. The second-order valence-electron chi connectivity index (χ2n) is 4.69. The van der Waals surface area contributed by atoms with Crippen LogP contribution in [0.5, 0.6) is 0 Å². The summed E-state index contributed by atoms with van der Waals surface area (Å²) in [7, 11) is -3.27. The van der Waals surface area contributed by atoms with Gasteiger partial charge in [-0.15, -0.1) is 11.3 Å². The molecule has 9 heteroatoms. The van der Waals surface area contributed by atoms with Crippen LogP contribution in [0.2, 0.25) is 0 Å². The molecule has 2 aromatic heterocycles. The minimum absolute atomic E-state index is 0.155. The van der Waals surface area contributed by atoms with Crippen molar-refractivity contribution in [3.8, 4) is 10.7 Å². The minimum Gasteiger partial charge on any atom is -0.345 e. The fourth-order valence-corrected chi connectivity index (χ4v) is 3.92. The van der Waals surface area contributed by atoms with Crippen LogP contribution in [-0.2, 0) is 9.84 Å². The molecule has 0 fully saturated rings. The Bertz CT molecular complexity index is 898. The molecular formula is C13H11N3O4S2. The highest BCUT2D eigenvalue weighted by Crippen LogP contribution is 2.19. The number of nitrogens with zero attached hydrogens (tertiary/aromatic N) is 1. The van der Waals surface area contributed by atoms with Crippen LogP contribution in [0, 0.1) is 0 Å². The van der Waals surface area contributed by atoms with Gasteiger partial charge in [-0.05, 0) is 17.5 Å². The standard InChI is InChI=1S/C13H11N3O4S2/c17-12(15-8-3-5-22(19,20)7-8)9-6-14-11(16-13(9)18)10-2-1-4-21-10/h1-6,8H,7H2,(H,15,17)(H,14,16,18)/t8-/m1/s1. The van der Waals surface area contributed by atoms with E-state index in [2.05, 4.69) is 15.3 Å². The maximum Gasteiger partial charge on any atom is 0.264 e. The summed E-state index contributed by atoms with van der Waals surface area (Å²) in [5.74, 6) is -0.463.